The highest BCUT2D eigenvalue weighted by Crippen LogP contribution is 2.15. The fraction of sp³-hybridized carbons (Fsp3) is 0.500. The lowest BCUT2D eigenvalue weighted by atomic mass is 10.2. The summed E-state index contributed by atoms with van der Waals surface area (Å²) in [5, 5.41) is 7.36. The van der Waals surface area contributed by atoms with Gasteiger partial charge in [-0.15, -0.1) is 0 Å². The molecule has 1 rings (SSSR count). The normalized spacial score (nSPS) is 12.2. The van der Waals surface area contributed by atoms with Gasteiger partial charge >= 0.3 is 0 Å². The lowest BCUT2D eigenvalue weighted by Crippen LogP contribution is -2.30. The average Bonchev–Trinajstić information content (AvgIpc) is 2.28. The second-order valence-corrected chi connectivity index (χ2v) is 4.04. The zero-order chi connectivity index (χ0) is 12.1. The highest BCUT2D eigenvalue weighted by atomic mass is 15.2. The molecular weight excluding hydrogens is 200 g/mol. The summed E-state index contributed by atoms with van der Waals surface area (Å²) in [7, 11) is 2.02. The summed E-state index contributed by atoms with van der Waals surface area (Å²) in [6.07, 6.45) is 2.28. The molecule has 0 fully saturated rings. The van der Waals surface area contributed by atoms with Crippen molar-refractivity contribution in [1.29, 1.82) is 5.41 Å². The van der Waals surface area contributed by atoms with Crippen molar-refractivity contribution in [2.75, 3.05) is 11.9 Å². The van der Waals surface area contributed by atoms with E-state index in [1.54, 1.807) is 6.07 Å². The van der Waals surface area contributed by atoms with Crippen LogP contribution in [0.3, 0.4) is 0 Å². The second kappa shape index (κ2) is 5.49. The average molecular weight is 220 g/mol. The predicted molar refractivity (Wildman–Crippen MR) is 68.0 cm³/mol. The Kier molecular flexibility index (Phi) is 4.28. The van der Waals surface area contributed by atoms with E-state index < -0.39 is 0 Å². The van der Waals surface area contributed by atoms with Gasteiger partial charge in [-0.25, -0.2) is 4.98 Å². The molecule has 0 spiro atoms. The first-order chi connectivity index (χ1) is 7.56. The highest BCUT2D eigenvalue weighted by Gasteiger charge is 2.10. The van der Waals surface area contributed by atoms with Crippen molar-refractivity contribution in [3.63, 3.8) is 0 Å². The third-order valence-corrected chi connectivity index (χ3v) is 2.74. The molecule has 0 saturated carbocycles. The van der Waals surface area contributed by atoms with Gasteiger partial charge in [0.2, 0.25) is 0 Å². The monoisotopic (exact) mass is 220 g/mol. The zero-order valence-electron chi connectivity index (χ0n) is 10.2. The molecule has 0 aromatic carbocycles. The van der Waals surface area contributed by atoms with Crippen molar-refractivity contribution < 1.29 is 0 Å². The Morgan fingerprint density at radius 2 is 2.25 bits per heavy atom. The molecule has 0 aliphatic rings. The molecule has 16 heavy (non-hydrogen) atoms. The summed E-state index contributed by atoms with van der Waals surface area (Å²) in [4.78, 5) is 6.47. The Labute approximate surface area is 97.0 Å². The predicted octanol–water partition coefficient (Wildman–Crippen LogP) is 1.99. The molecule has 1 unspecified atom stereocenters. The molecule has 0 aliphatic carbocycles. The first-order valence-corrected chi connectivity index (χ1v) is 5.60. The van der Waals surface area contributed by atoms with Crippen LogP contribution < -0.4 is 10.6 Å². The SMILES string of the molecule is CCCC(C)N(C)c1cccc(C(=N)N)n1. The van der Waals surface area contributed by atoms with E-state index in [9.17, 15) is 0 Å². The number of nitrogen functional groups attached to an aromatic ring is 1. The number of pyridine rings is 1. The first kappa shape index (κ1) is 12.5. The minimum atomic E-state index is 0.0124. The summed E-state index contributed by atoms with van der Waals surface area (Å²) in [5.74, 6) is 0.882. The minimum absolute atomic E-state index is 0.0124. The Balaban J connectivity index is 2.86. The quantitative estimate of drug-likeness (QED) is 0.589. The van der Waals surface area contributed by atoms with Crippen molar-refractivity contribution in [1.82, 2.24) is 4.98 Å². The fourth-order valence-electron chi connectivity index (χ4n) is 1.61. The topological polar surface area (TPSA) is 66.0 Å². The van der Waals surface area contributed by atoms with E-state index in [4.69, 9.17) is 11.1 Å². The fourth-order valence-corrected chi connectivity index (χ4v) is 1.61. The molecule has 1 heterocycles. The molecule has 0 radical (unpaired) electrons. The molecule has 4 heteroatoms. The van der Waals surface area contributed by atoms with Gasteiger partial charge in [-0.1, -0.05) is 19.4 Å². The summed E-state index contributed by atoms with van der Waals surface area (Å²) in [5.41, 5.74) is 5.96. The second-order valence-electron chi connectivity index (χ2n) is 4.04. The van der Waals surface area contributed by atoms with Gasteiger partial charge in [0.15, 0.2) is 0 Å². The van der Waals surface area contributed by atoms with Crippen LogP contribution in [0.1, 0.15) is 32.4 Å². The summed E-state index contributed by atoms with van der Waals surface area (Å²) in [6.45, 7) is 4.34. The largest absolute Gasteiger partial charge is 0.382 e. The molecule has 1 atom stereocenters. The standard InChI is InChI=1S/C12H20N4/c1-4-6-9(2)16(3)11-8-5-7-10(15-11)12(13)14/h5,7-9H,4,6H2,1-3H3,(H3,13,14). The zero-order valence-corrected chi connectivity index (χ0v) is 10.2. The van der Waals surface area contributed by atoms with Crippen LogP contribution in [0.25, 0.3) is 0 Å². The third kappa shape index (κ3) is 2.95. The number of rotatable bonds is 5. The smallest absolute Gasteiger partial charge is 0.141 e. The van der Waals surface area contributed by atoms with E-state index in [-0.39, 0.29) is 5.84 Å². The lowest BCUT2D eigenvalue weighted by molar-refractivity contribution is 0.611. The number of anilines is 1. The van der Waals surface area contributed by atoms with E-state index >= 15 is 0 Å². The number of nitrogens with one attached hydrogen (secondary N) is 1. The van der Waals surface area contributed by atoms with Gasteiger partial charge in [0, 0.05) is 13.1 Å². The van der Waals surface area contributed by atoms with E-state index in [0.717, 1.165) is 18.7 Å². The van der Waals surface area contributed by atoms with Crippen LogP contribution >= 0.6 is 0 Å². The van der Waals surface area contributed by atoms with Crippen LogP contribution in [0.4, 0.5) is 5.82 Å². The molecule has 3 N–H and O–H groups in total. The van der Waals surface area contributed by atoms with Gasteiger partial charge < -0.3 is 10.6 Å². The van der Waals surface area contributed by atoms with Crippen LogP contribution in [0.15, 0.2) is 18.2 Å². The van der Waals surface area contributed by atoms with Gasteiger partial charge in [0.25, 0.3) is 0 Å². The van der Waals surface area contributed by atoms with Gasteiger partial charge in [0.1, 0.15) is 17.3 Å². The van der Waals surface area contributed by atoms with Crippen LogP contribution in [-0.2, 0) is 0 Å². The number of hydrogen-bond donors (Lipinski definition) is 2. The van der Waals surface area contributed by atoms with Crippen LogP contribution in [0, 0.1) is 5.41 Å². The van der Waals surface area contributed by atoms with Gasteiger partial charge in [-0.2, -0.15) is 0 Å². The number of hydrogen-bond acceptors (Lipinski definition) is 3. The maximum Gasteiger partial charge on any atom is 0.141 e. The summed E-state index contributed by atoms with van der Waals surface area (Å²) < 4.78 is 0. The Bertz CT molecular complexity index is 362. The number of aromatic nitrogens is 1. The van der Waals surface area contributed by atoms with E-state index in [0.29, 0.717) is 11.7 Å². The molecule has 0 saturated heterocycles. The number of nitrogens with zero attached hydrogens (tertiary/aromatic N) is 2. The molecule has 0 aliphatic heterocycles. The molecule has 1 aromatic heterocycles. The highest BCUT2D eigenvalue weighted by molar-refractivity contribution is 5.93. The van der Waals surface area contributed by atoms with Crippen molar-refractivity contribution in [2.24, 2.45) is 5.73 Å². The van der Waals surface area contributed by atoms with Crippen LogP contribution in [0.2, 0.25) is 0 Å². The molecule has 88 valence electrons. The molecule has 0 bridgehead atoms. The molecule has 4 nitrogen and oxygen atoms in total. The maximum atomic E-state index is 7.36. The molecule has 1 aromatic rings. The lowest BCUT2D eigenvalue weighted by Gasteiger charge is -2.25. The number of amidine groups is 1. The minimum Gasteiger partial charge on any atom is -0.382 e. The van der Waals surface area contributed by atoms with Gasteiger partial charge in [-0.05, 0) is 25.5 Å². The first-order valence-electron chi connectivity index (χ1n) is 5.60. The van der Waals surface area contributed by atoms with Gasteiger partial charge in [0.05, 0.1) is 0 Å². The van der Waals surface area contributed by atoms with Gasteiger partial charge in [-0.3, -0.25) is 5.41 Å². The van der Waals surface area contributed by atoms with E-state index in [1.165, 1.54) is 0 Å². The van der Waals surface area contributed by atoms with Crippen molar-refractivity contribution >= 4 is 11.7 Å². The Morgan fingerprint density at radius 1 is 1.56 bits per heavy atom. The number of nitrogens with two attached hydrogens (primary N) is 1. The van der Waals surface area contributed by atoms with E-state index in [2.05, 4.69) is 23.7 Å². The van der Waals surface area contributed by atoms with Crippen molar-refractivity contribution in [2.45, 2.75) is 32.7 Å². The molecular formula is C12H20N4. The van der Waals surface area contributed by atoms with Crippen molar-refractivity contribution in [3.8, 4) is 0 Å². The Hall–Kier alpha value is -1.58. The maximum absolute atomic E-state index is 7.36. The van der Waals surface area contributed by atoms with Crippen LogP contribution in [-0.4, -0.2) is 23.9 Å². The summed E-state index contributed by atoms with van der Waals surface area (Å²) >= 11 is 0. The Morgan fingerprint density at radius 3 is 2.81 bits per heavy atom. The summed E-state index contributed by atoms with van der Waals surface area (Å²) in [6, 6.07) is 6.02. The third-order valence-electron chi connectivity index (χ3n) is 2.74. The van der Waals surface area contributed by atoms with Crippen LogP contribution in [0.5, 0.6) is 0 Å². The van der Waals surface area contributed by atoms with E-state index in [1.807, 2.05) is 19.2 Å². The van der Waals surface area contributed by atoms with Crippen molar-refractivity contribution in [3.05, 3.63) is 23.9 Å². The molecule has 0 amide bonds.